The van der Waals surface area contributed by atoms with Crippen LogP contribution in [0.1, 0.15) is 112 Å². The minimum atomic E-state index is -5.08. The van der Waals surface area contributed by atoms with Crippen LogP contribution in [0.3, 0.4) is 0 Å². The Morgan fingerprint density at radius 2 is 1.24 bits per heavy atom. The Balaban J connectivity index is 0.00000171. The molecule has 1 aliphatic heterocycles. The molecule has 70 heavy (non-hydrogen) atoms. The highest BCUT2D eigenvalue weighted by Gasteiger charge is 2.39. The molecule has 0 unspecified atom stereocenters. The van der Waals surface area contributed by atoms with Crippen LogP contribution in [0.4, 0.5) is 18.9 Å². The van der Waals surface area contributed by atoms with Gasteiger partial charge in [0.25, 0.3) is 0 Å². The number of alkyl halides is 3. The zero-order chi connectivity index (χ0) is 52.6. The van der Waals surface area contributed by atoms with Crippen LogP contribution in [0.15, 0.2) is 42.5 Å². The zero-order valence-corrected chi connectivity index (χ0v) is 40.2. The van der Waals surface area contributed by atoms with Crippen LogP contribution >= 0.6 is 0 Å². The van der Waals surface area contributed by atoms with Crippen molar-refractivity contribution < 1.29 is 66.2 Å². The minimum Gasteiger partial charge on any atom is -0.475 e. The summed E-state index contributed by atoms with van der Waals surface area (Å²) in [6.07, 6.45) is -3.07. The molecular formula is C47H64F3N9O11. The standard InChI is InChI=1S/C45H63N9O9.C2HF3O2/c1-24(2)21-33(53-42(60)28(7)51-41(59)27(6)50-40(58)26(5)46)43(61)49-23-36(55)52-34(22-25(3)4)45(63)54-20-11-17-35(54)44(62)48-19-12-18-47-32-16-10-15-31-37(32)39(57)30-14-9-8-13-29(30)38(31)56;3-2(4,5)1(6)7/h8-10,13-16,24-28,33-35,47H,11-12,17-23,46H2,1-7H3,(H,48,62)(H,49,61)(H,50,58)(H,51,59)(H,52,55)(H,53,60);(H,6,7)/t26-,27-,28-,33-,34-,35-;/m0./s1. The number of nitrogens with two attached hydrogens (primary N) is 1. The van der Waals surface area contributed by atoms with Gasteiger partial charge in [-0.1, -0.05) is 64.1 Å². The number of hydrogen-bond acceptors (Lipinski definition) is 12. The number of halogens is 3. The Morgan fingerprint density at radius 1 is 0.700 bits per heavy atom. The smallest absolute Gasteiger partial charge is 0.475 e. The molecule has 0 saturated carbocycles. The van der Waals surface area contributed by atoms with Gasteiger partial charge in [0.1, 0.15) is 30.2 Å². The number of likely N-dealkylation sites (tertiary alicyclic amines) is 1. The fourth-order valence-electron chi connectivity index (χ4n) is 7.48. The average Bonchev–Trinajstić information content (AvgIpc) is 3.79. The highest BCUT2D eigenvalue weighted by molar-refractivity contribution is 6.30. The lowest BCUT2D eigenvalue weighted by atomic mass is 9.83. The van der Waals surface area contributed by atoms with E-state index in [1.54, 1.807) is 42.5 Å². The number of aliphatic carboxylic acids is 1. The highest BCUT2D eigenvalue weighted by Crippen LogP contribution is 2.32. The van der Waals surface area contributed by atoms with Crippen LogP contribution in [0.25, 0.3) is 0 Å². The number of benzene rings is 2. The molecule has 0 bridgehead atoms. The van der Waals surface area contributed by atoms with Gasteiger partial charge < -0.3 is 53.0 Å². The van der Waals surface area contributed by atoms with Crippen molar-refractivity contribution in [2.75, 3.05) is 31.5 Å². The molecule has 1 fully saturated rings. The van der Waals surface area contributed by atoms with E-state index in [0.29, 0.717) is 60.3 Å². The Bertz CT molecular complexity index is 2270. The third kappa shape index (κ3) is 16.7. The molecule has 1 aliphatic carbocycles. The van der Waals surface area contributed by atoms with E-state index in [4.69, 9.17) is 15.6 Å². The first-order chi connectivity index (χ1) is 32.7. The van der Waals surface area contributed by atoms with Gasteiger partial charge in [0.2, 0.25) is 41.4 Å². The number of anilines is 1. The Morgan fingerprint density at radius 3 is 1.81 bits per heavy atom. The fourth-order valence-corrected chi connectivity index (χ4v) is 7.48. The highest BCUT2D eigenvalue weighted by atomic mass is 19.4. The fraction of sp³-hybridized carbons (Fsp3) is 0.532. The summed E-state index contributed by atoms with van der Waals surface area (Å²) in [7, 11) is 0. The van der Waals surface area contributed by atoms with E-state index in [1.807, 2.05) is 27.7 Å². The van der Waals surface area contributed by atoms with Crippen LogP contribution in [-0.2, 0) is 38.4 Å². The summed E-state index contributed by atoms with van der Waals surface area (Å²) in [6.45, 7) is 12.3. The number of rotatable bonds is 21. The van der Waals surface area contributed by atoms with E-state index >= 15 is 0 Å². The summed E-state index contributed by atoms with van der Waals surface area (Å²) in [5.41, 5.74) is 7.47. The molecule has 0 radical (unpaired) electrons. The largest absolute Gasteiger partial charge is 0.490 e. The first kappa shape index (κ1) is 57.4. The van der Waals surface area contributed by atoms with E-state index in [1.165, 1.54) is 25.7 Å². The predicted octanol–water partition coefficient (Wildman–Crippen LogP) is 1.54. The number of carbonyl (C=O) groups excluding carboxylic acids is 9. The maximum Gasteiger partial charge on any atom is 0.490 e. The minimum absolute atomic E-state index is 0.00815. The molecule has 23 heteroatoms. The molecule has 20 nitrogen and oxygen atoms in total. The van der Waals surface area contributed by atoms with Crippen molar-refractivity contribution in [3.63, 3.8) is 0 Å². The molecule has 2 aliphatic rings. The number of fused-ring (bicyclic) bond motifs is 2. The molecule has 2 aromatic rings. The number of hydrogen-bond donors (Lipinski definition) is 9. The second-order valence-corrected chi connectivity index (χ2v) is 17.9. The van der Waals surface area contributed by atoms with Crippen LogP contribution in [-0.4, -0.2) is 137 Å². The summed E-state index contributed by atoms with van der Waals surface area (Å²) in [4.78, 5) is 128. The third-order valence-corrected chi connectivity index (χ3v) is 11.0. The third-order valence-electron chi connectivity index (χ3n) is 11.0. The van der Waals surface area contributed by atoms with Crippen molar-refractivity contribution in [2.45, 2.75) is 123 Å². The van der Waals surface area contributed by atoms with E-state index < -0.39 is 90.4 Å². The van der Waals surface area contributed by atoms with E-state index in [-0.39, 0.29) is 48.7 Å². The predicted molar refractivity (Wildman–Crippen MR) is 249 cm³/mol. The maximum absolute atomic E-state index is 13.9. The van der Waals surface area contributed by atoms with Crippen LogP contribution in [0.2, 0.25) is 0 Å². The normalized spacial score (nSPS) is 16.2. The number of carboxylic acids is 1. The Hall–Kier alpha value is -6.91. The molecule has 10 N–H and O–H groups in total. The molecule has 4 rings (SSSR count). The van der Waals surface area contributed by atoms with Crippen molar-refractivity contribution >= 4 is 64.6 Å². The van der Waals surface area contributed by atoms with E-state index in [2.05, 4.69) is 37.2 Å². The Labute approximate surface area is 403 Å². The molecular weight excluding hydrogens is 924 g/mol. The second kappa shape index (κ2) is 26.2. The number of nitrogens with one attached hydrogen (secondary N) is 7. The quantitative estimate of drug-likeness (QED) is 0.0686. The van der Waals surface area contributed by atoms with Gasteiger partial charge in [0.15, 0.2) is 11.6 Å². The van der Waals surface area contributed by atoms with Gasteiger partial charge in [0.05, 0.1) is 18.2 Å². The second-order valence-electron chi connectivity index (χ2n) is 17.9. The molecule has 0 spiro atoms. The van der Waals surface area contributed by atoms with Crippen LogP contribution in [0, 0.1) is 11.8 Å². The number of carboxylic acid groups (broad SMARTS) is 1. The van der Waals surface area contributed by atoms with Crippen LogP contribution in [0.5, 0.6) is 0 Å². The van der Waals surface area contributed by atoms with E-state index in [9.17, 15) is 56.3 Å². The van der Waals surface area contributed by atoms with Gasteiger partial charge in [-0.25, -0.2) is 4.79 Å². The molecule has 6 atom stereocenters. The molecule has 2 aromatic carbocycles. The lowest BCUT2D eigenvalue weighted by molar-refractivity contribution is -0.192. The first-order valence-corrected chi connectivity index (χ1v) is 22.9. The topological polar surface area (TPSA) is 304 Å². The number of carbonyl (C=O) groups is 10. The van der Waals surface area contributed by atoms with Gasteiger partial charge in [-0.15, -0.1) is 0 Å². The van der Waals surface area contributed by atoms with Crippen molar-refractivity contribution in [1.82, 2.24) is 36.8 Å². The van der Waals surface area contributed by atoms with E-state index in [0.717, 1.165) is 0 Å². The Kier molecular flexibility index (Phi) is 21.5. The average molecular weight is 988 g/mol. The molecule has 0 aromatic heterocycles. The summed E-state index contributed by atoms with van der Waals surface area (Å²) in [5, 5.41) is 26.1. The first-order valence-electron chi connectivity index (χ1n) is 22.9. The van der Waals surface area contributed by atoms with Gasteiger partial charge in [-0.3, -0.25) is 43.2 Å². The summed E-state index contributed by atoms with van der Waals surface area (Å²) in [6, 6.07) is 6.20. The lowest BCUT2D eigenvalue weighted by Gasteiger charge is -2.29. The van der Waals surface area contributed by atoms with Crippen LogP contribution < -0.4 is 43.0 Å². The lowest BCUT2D eigenvalue weighted by Crippen LogP contribution is -2.57. The van der Waals surface area contributed by atoms with Gasteiger partial charge in [-0.05, 0) is 70.8 Å². The number of nitrogens with zero attached hydrogens (tertiary/aromatic N) is 1. The zero-order valence-electron chi connectivity index (χ0n) is 40.2. The van der Waals surface area contributed by atoms with Gasteiger partial charge >= 0.3 is 12.1 Å². The summed E-state index contributed by atoms with van der Waals surface area (Å²) < 4.78 is 31.7. The number of ketones is 2. The SMILES string of the molecule is CC(C)C[C@H](NC(=O)[C@H](C)NC(=O)[C@H](C)NC(=O)[C@H](C)N)C(=O)NCC(=O)N[C@@H](CC(C)C)C(=O)N1CCC[C@H]1C(=O)NCCCNc1cccc2c1C(=O)c1ccccc1C2=O.O=C(O)C(F)(F)F. The van der Waals surface area contributed by atoms with Gasteiger partial charge in [-0.2, -0.15) is 13.2 Å². The van der Waals surface area contributed by atoms with Crippen molar-refractivity contribution in [1.29, 1.82) is 0 Å². The van der Waals surface area contributed by atoms with Gasteiger partial charge in [0, 0.05) is 42.0 Å². The molecule has 1 heterocycles. The molecule has 384 valence electrons. The molecule has 1 saturated heterocycles. The number of amides is 7. The monoisotopic (exact) mass is 987 g/mol. The van der Waals surface area contributed by atoms with Crippen molar-refractivity contribution in [3.8, 4) is 0 Å². The summed E-state index contributed by atoms with van der Waals surface area (Å²) >= 11 is 0. The summed E-state index contributed by atoms with van der Waals surface area (Å²) in [5.74, 6) is -7.08. The van der Waals surface area contributed by atoms with Crippen molar-refractivity contribution in [2.24, 2.45) is 17.6 Å². The maximum atomic E-state index is 13.9. The molecule has 7 amide bonds. The van der Waals surface area contributed by atoms with Crippen molar-refractivity contribution in [3.05, 3.63) is 64.7 Å².